The van der Waals surface area contributed by atoms with Gasteiger partial charge in [-0.2, -0.15) is 5.26 Å². The average Bonchev–Trinajstić information content (AvgIpc) is 2.95. The van der Waals surface area contributed by atoms with Crippen LogP contribution in [0.1, 0.15) is 29.1 Å². The molecule has 0 aliphatic rings. The van der Waals surface area contributed by atoms with Crippen molar-refractivity contribution in [1.29, 1.82) is 5.26 Å². The van der Waals surface area contributed by atoms with Crippen LogP contribution in [0.4, 0.5) is 5.82 Å². The minimum absolute atomic E-state index is 0.0276. The van der Waals surface area contributed by atoms with Crippen molar-refractivity contribution in [2.24, 2.45) is 0 Å². The van der Waals surface area contributed by atoms with E-state index in [0.29, 0.717) is 11.0 Å². The van der Waals surface area contributed by atoms with Gasteiger partial charge in [-0.3, -0.25) is 4.98 Å². The molecule has 1 unspecified atom stereocenters. The van der Waals surface area contributed by atoms with Crippen molar-refractivity contribution in [2.45, 2.75) is 23.9 Å². The Hall–Kier alpha value is -2.63. The number of rotatable bonds is 5. The van der Waals surface area contributed by atoms with Crippen LogP contribution in [-0.2, 0) is 6.54 Å². The molecule has 0 spiro atoms. The van der Waals surface area contributed by atoms with Gasteiger partial charge in [-0.25, -0.2) is 9.97 Å². The Balaban J connectivity index is 1.88. The van der Waals surface area contributed by atoms with Crippen molar-refractivity contribution in [2.75, 3.05) is 19.8 Å². The first-order chi connectivity index (χ1) is 12.0. The molecule has 0 saturated carbocycles. The lowest BCUT2D eigenvalue weighted by molar-refractivity contribution is 0.404. The molecule has 3 aromatic rings. The number of nitrogens with two attached hydrogens (primary N) is 1. The van der Waals surface area contributed by atoms with E-state index < -0.39 is 0 Å². The van der Waals surface area contributed by atoms with Crippen molar-refractivity contribution < 1.29 is 0 Å². The van der Waals surface area contributed by atoms with Gasteiger partial charge in [-0.15, -0.1) is 0 Å². The molecule has 3 aromatic heterocycles. The van der Waals surface area contributed by atoms with Crippen LogP contribution in [0.3, 0.4) is 0 Å². The van der Waals surface area contributed by atoms with Crippen LogP contribution in [-0.4, -0.2) is 38.9 Å². The van der Waals surface area contributed by atoms with Crippen molar-refractivity contribution in [3.63, 3.8) is 0 Å². The number of hydrogen-bond acceptors (Lipinski definition) is 7. The molecule has 0 saturated heterocycles. The van der Waals surface area contributed by atoms with Crippen molar-refractivity contribution in [1.82, 2.24) is 24.8 Å². The standard InChI is InChI=1S/C17H19N7S/c1-10(25-17-22-12(6-18)4-16(19)23-17)14-5-13-11(9-24(2)3)7-20-15(13)8-21-14/h4-5,7-8,10,20H,9H2,1-3H3,(H2,19,22,23). The summed E-state index contributed by atoms with van der Waals surface area (Å²) in [5.41, 5.74) is 9.18. The van der Waals surface area contributed by atoms with E-state index in [9.17, 15) is 0 Å². The van der Waals surface area contributed by atoms with Gasteiger partial charge in [-0.05, 0) is 32.6 Å². The molecule has 7 nitrogen and oxygen atoms in total. The van der Waals surface area contributed by atoms with Gasteiger partial charge in [0.1, 0.15) is 17.6 Å². The summed E-state index contributed by atoms with van der Waals surface area (Å²) < 4.78 is 0. The number of nitrogens with one attached hydrogen (secondary N) is 1. The maximum absolute atomic E-state index is 9.01. The van der Waals surface area contributed by atoms with Gasteiger partial charge < -0.3 is 15.6 Å². The lowest BCUT2D eigenvalue weighted by Crippen LogP contribution is -2.10. The molecule has 0 amide bonds. The van der Waals surface area contributed by atoms with Crippen LogP contribution in [0.15, 0.2) is 29.7 Å². The highest BCUT2D eigenvalue weighted by molar-refractivity contribution is 7.99. The second-order valence-electron chi connectivity index (χ2n) is 6.04. The number of nitrogen functional groups attached to an aromatic ring is 1. The summed E-state index contributed by atoms with van der Waals surface area (Å²) >= 11 is 1.43. The van der Waals surface area contributed by atoms with Crippen molar-refractivity contribution >= 4 is 28.5 Å². The number of aromatic amines is 1. The van der Waals surface area contributed by atoms with E-state index in [2.05, 4.69) is 30.9 Å². The lowest BCUT2D eigenvalue weighted by Gasteiger charge is -2.11. The van der Waals surface area contributed by atoms with E-state index in [1.165, 1.54) is 23.4 Å². The van der Waals surface area contributed by atoms with Crippen LogP contribution in [0, 0.1) is 11.3 Å². The fourth-order valence-corrected chi connectivity index (χ4v) is 3.44. The summed E-state index contributed by atoms with van der Waals surface area (Å²) in [7, 11) is 4.09. The maximum atomic E-state index is 9.01. The molecule has 0 fully saturated rings. The van der Waals surface area contributed by atoms with E-state index in [1.54, 1.807) is 0 Å². The number of aromatic nitrogens is 4. The number of anilines is 1. The monoisotopic (exact) mass is 353 g/mol. The second kappa shape index (κ2) is 7.09. The first-order valence-electron chi connectivity index (χ1n) is 7.78. The highest BCUT2D eigenvalue weighted by Gasteiger charge is 2.15. The molecular weight excluding hydrogens is 334 g/mol. The molecule has 3 N–H and O–H groups in total. The fraction of sp³-hybridized carbons (Fsp3) is 0.294. The SMILES string of the molecule is CC(Sc1nc(N)cc(C#N)n1)c1cc2c(CN(C)C)c[nH]c2cn1. The third-order valence-electron chi connectivity index (χ3n) is 3.70. The van der Waals surface area contributed by atoms with Crippen LogP contribution >= 0.6 is 11.8 Å². The van der Waals surface area contributed by atoms with Gasteiger partial charge in [0, 0.05) is 24.2 Å². The fourth-order valence-electron chi connectivity index (χ4n) is 2.56. The predicted octanol–water partition coefficient (Wildman–Crippen LogP) is 2.72. The normalized spacial score (nSPS) is 12.4. The van der Waals surface area contributed by atoms with Gasteiger partial charge in [-0.1, -0.05) is 11.8 Å². The smallest absolute Gasteiger partial charge is 0.191 e. The highest BCUT2D eigenvalue weighted by atomic mass is 32.2. The number of thioether (sulfide) groups is 1. The van der Waals surface area contributed by atoms with Gasteiger partial charge in [0.15, 0.2) is 5.16 Å². The first-order valence-corrected chi connectivity index (χ1v) is 8.66. The Morgan fingerprint density at radius 3 is 2.88 bits per heavy atom. The molecule has 0 radical (unpaired) electrons. The van der Waals surface area contributed by atoms with E-state index in [0.717, 1.165) is 23.1 Å². The Labute approximate surface area is 150 Å². The highest BCUT2D eigenvalue weighted by Crippen LogP contribution is 2.33. The zero-order valence-electron chi connectivity index (χ0n) is 14.3. The molecular formula is C17H19N7S. The molecule has 0 aliphatic carbocycles. The number of nitrogens with zero attached hydrogens (tertiary/aromatic N) is 5. The van der Waals surface area contributed by atoms with Gasteiger partial charge in [0.05, 0.1) is 22.7 Å². The summed E-state index contributed by atoms with van der Waals surface area (Å²) in [5, 5.41) is 10.7. The third-order valence-corrected chi connectivity index (χ3v) is 4.69. The summed E-state index contributed by atoms with van der Waals surface area (Å²) in [6.45, 7) is 2.89. The zero-order chi connectivity index (χ0) is 18.0. The molecule has 0 bridgehead atoms. The molecule has 0 aromatic carbocycles. The predicted molar refractivity (Wildman–Crippen MR) is 98.9 cm³/mol. The first kappa shape index (κ1) is 17.2. The van der Waals surface area contributed by atoms with Gasteiger partial charge in [0.2, 0.25) is 0 Å². The minimum Gasteiger partial charge on any atom is -0.384 e. The van der Waals surface area contributed by atoms with Gasteiger partial charge in [0.25, 0.3) is 0 Å². The number of hydrogen-bond donors (Lipinski definition) is 2. The van der Waals surface area contributed by atoms with E-state index in [4.69, 9.17) is 11.0 Å². The largest absolute Gasteiger partial charge is 0.384 e. The number of H-pyrrole nitrogens is 1. The zero-order valence-corrected chi connectivity index (χ0v) is 15.1. The average molecular weight is 353 g/mol. The Morgan fingerprint density at radius 2 is 2.16 bits per heavy atom. The number of pyridine rings is 1. The molecule has 128 valence electrons. The van der Waals surface area contributed by atoms with Crippen LogP contribution in [0.5, 0.6) is 0 Å². The summed E-state index contributed by atoms with van der Waals surface area (Å²) in [6, 6.07) is 5.56. The topological polar surface area (TPSA) is 108 Å². The molecule has 25 heavy (non-hydrogen) atoms. The van der Waals surface area contributed by atoms with Crippen molar-refractivity contribution in [3.05, 3.63) is 41.5 Å². The maximum Gasteiger partial charge on any atom is 0.191 e. The molecule has 0 aliphatic heterocycles. The summed E-state index contributed by atoms with van der Waals surface area (Å²) in [4.78, 5) is 18.3. The lowest BCUT2D eigenvalue weighted by atomic mass is 10.1. The van der Waals surface area contributed by atoms with Crippen molar-refractivity contribution in [3.8, 4) is 6.07 Å². The Bertz CT molecular complexity index is 942. The van der Waals surface area contributed by atoms with E-state index >= 15 is 0 Å². The van der Waals surface area contributed by atoms with Crippen LogP contribution in [0.2, 0.25) is 0 Å². The third kappa shape index (κ3) is 3.90. The summed E-state index contributed by atoms with van der Waals surface area (Å²) in [6.07, 6.45) is 3.87. The van der Waals surface area contributed by atoms with Crippen LogP contribution < -0.4 is 5.73 Å². The van der Waals surface area contributed by atoms with E-state index in [-0.39, 0.29) is 10.9 Å². The Morgan fingerprint density at radius 1 is 1.36 bits per heavy atom. The molecule has 1 atom stereocenters. The minimum atomic E-state index is 0.0276. The van der Waals surface area contributed by atoms with Gasteiger partial charge >= 0.3 is 0 Å². The molecule has 3 heterocycles. The number of fused-ring (bicyclic) bond motifs is 1. The summed E-state index contributed by atoms with van der Waals surface area (Å²) in [5.74, 6) is 0.295. The van der Waals surface area contributed by atoms with E-state index in [1.807, 2.05) is 39.5 Å². The van der Waals surface area contributed by atoms with Crippen LogP contribution in [0.25, 0.3) is 10.9 Å². The quantitative estimate of drug-likeness (QED) is 0.536. The Kier molecular flexibility index (Phi) is 4.88. The molecule has 8 heteroatoms. The molecule has 3 rings (SSSR count). The number of nitriles is 1. The second-order valence-corrected chi connectivity index (χ2v) is 7.35.